The molecule has 45 heavy (non-hydrogen) atoms. The van der Waals surface area contributed by atoms with Crippen molar-refractivity contribution in [2.24, 2.45) is 0 Å². The molecular formula is C43H50N2+2. The lowest BCUT2D eigenvalue weighted by atomic mass is 9.79. The van der Waals surface area contributed by atoms with Crippen molar-refractivity contribution in [1.82, 2.24) is 0 Å². The Morgan fingerprint density at radius 1 is 0.733 bits per heavy atom. The van der Waals surface area contributed by atoms with Crippen molar-refractivity contribution in [3.63, 3.8) is 0 Å². The molecule has 1 aliphatic rings. The second-order valence-electron chi connectivity index (χ2n) is 13.3. The summed E-state index contributed by atoms with van der Waals surface area (Å²) in [7, 11) is 0. The standard InChI is InChI=1S/C43H50N2/c1-7-10-19-34-24-25-38-39(27-34)36(28-43(8-2,9-3)45-26-17-16-23-41(38)45)29-44-30-40(35-20-12-11-13-21-35)32(5)33(6)42(44)37-22-15-14-18-31(37)4/h11-18,20-27,30,36H,7-10,19,28-29H2,1-6H3/q+2. The van der Waals surface area contributed by atoms with Crippen molar-refractivity contribution in [3.05, 3.63) is 131 Å². The summed E-state index contributed by atoms with van der Waals surface area (Å²) in [6.45, 7) is 14.9. The minimum Gasteiger partial charge on any atom is -0.197 e. The molecule has 2 heteroatoms. The van der Waals surface area contributed by atoms with Crippen LogP contribution in [-0.2, 0) is 18.5 Å². The van der Waals surface area contributed by atoms with E-state index in [-0.39, 0.29) is 5.54 Å². The van der Waals surface area contributed by atoms with Gasteiger partial charge in [0.25, 0.3) is 0 Å². The van der Waals surface area contributed by atoms with E-state index in [9.17, 15) is 0 Å². The van der Waals surface area contributed by atoms with Gasteiger partial charge in [0, 0.05) is 53.6 Å². The van der Waals surface area contributed by atoms with E-state index in [4.69, 9.17) is 0 Å². The number of hydrogen-bond donors (Lipinski definition) is 0. The van der Waals surface area contributed by atoms with Crippen LogP contribution in [0, 0.1) is 20.8 Å². The molecule has 3 aromatic carbocycles. The minimum atomic E-state index is 0.0508. The van der Waals surface area contributed by atoms with Gasteiger partial charge < -0.3 is 0 Å². The number of benzene rings is 3. The maximum atomic E-state index is 2.63. The highest BCUT2D eigenvalue weighted by Crippen LogP contribution is 2.42. The summed E-state index contributed by atoms with van der Waals surface area (Å²) in [6.07, 6.45) is 11.7. The van der Waals surface area contributed by atoms with Gasteiger partial charge in [-0.3, -0.25) is 0 Å². The zero-order chi connectivity index (χ0) is 31.6. The van der Waals surface area contributed by atoms with Crippen LogP contribution in [0.15, 0.2) is 103 Å². The molecule has 1 unspecified atom stereocenters. The molecule has 0 radical (unpaired) electrons. The Morgan fingerprint density at radius 2 is 1.47 bits per heavy atom. The number of fused-ring (bicyclic) bond motifs is 3. The van der Waals surface area contributed by atoms with Gasteiger partial charge in [0.05, 0.1) is 5.92 Å². The topological polar surface area (TPSA) is 7.76 Å². The Hall–Kier alpha value is -4.04. The molecule has 0 amide bonds. The van der Waals surface area contributed by atoms with E-state index < -0.39 is 0 Å². The van der Waals surface area contributed by atoms with Crippen LogP contribution in [0.2, 0.25) is 0 Å². The smallest absolute Gasteiger partial charge is 0.197 e. The lowest BCUT2D eigenvalue weighted by Gasteiger charge is -2.29. The average molecular weight is 595 g/mol. The molecule has 0 saturated heterocycles. The van der Waals surface area contributed by atoms with E-state index in [1.807, 2.05) is 0 Å². The third kappa shape index (κ3) is 5.76. The number of aryl methyl sites for hydroxylation is 2. The first-order valence-corrected chi connectivity index (χ1v) is 17.2. The summed E-state index contributed by atoms with van der Waals surface area (Å²) in [5.41, 5.74) is 15.1. The molecule has 1 atom stereocenters. The minimum absolute atomic E-state index is 0.0508. The van der Waals surface area contributed by atoms with E-state index >= 15 is 0 Å². The fourth-order valence-corrected chi connectivity index (χ4v) is 7.90. The van der Waals surface area contributed by atoms with Gasteiger partial charge in [-0.05, 0) is 79.6 Å². The quantitative estimate of drug-likeness (QED) is 0.150. The highest BCUT2D eigenvalue weighted by molar-refractivity contribution is 5.72. The second-order valence-corrected chi connectivity index (χ2v) is 13.3. The molecule has 6 rings (SSSR count). The van der Waals surface area contributed by atoms with Crippen molar-refractivity contribution in [3.8, 4) is 33.6 Å². The molecule has 0 saturated carbocycles. The van der Waals surface area contributed by atoms with Crippen LogP contribution in [0.4, 0.5) is 0 Å². The Morgan fingerprint density at radius 3 is 2.20 bits per heavy atom. The van der Waals surface area contributed by atoms with Crippen molar-refractivity contribution in [2.45, 2.75) is 98.1 Å². The lowest BCUT2D eigenvalue weighted by Crippen LogP contribution is -2.57. The Balaban J connectivity index is 1.60. The molecule has 2 nitrogen and oxygen atoms in total. The molecule has 0 spiro atoms. The van der Waals surface area contributed by atoms with Crippen LogP contribution in [0.25, 0.3) is 33.6 Å². The SMILES string of the molecule is CCCCc1ccc2c(c1)C(C[n+]1cc(-c3ccccc3)c(C)c(C)c1-c1ccccc1C)CC(CC)(CC)[n+]1ccccc1-2. The molecule has 0 N–H and O–H groups in total. The van der Waals surface area contributed by atoms with Crippen molar-refractivity contribution in [2.75, 3.05) is 0 Å². The van der Waals surface area contributed by atoms with Gasteiger partial charge in [0.2, 0.25) is 11.4 Å². The van der Waals surface area contributed by atoms with Crippen LogP contribution >= 0.6 is 0 Å². The van der Waals surface area contributed by atoms with E-state index in [1.165, 1.54) is 74.3 Å². The van der Waals surface area contributed by atoms with E-state index in [2.05, 4.69) is 154 Å². The predicted molar refractivity (Wildman–Crippen MR) is 188 cm³/mol. The second kappa shape index (κ2) is 13.1. The van der Waals surface area contributed by atoms with Crippen molar-refractivity contribution in [1.29, 1.82) is 0 Å². The summed E-state index contributed by atoms with van der Waals surface area (Å²) in [5, 5.41) is 0. The normalized spacial score (nSPS) is 15.3. The van der Waals surface area contributed by atoms with Crippen LogP contribution < -0.4 is 9.13 Å². The summed E-state index contributed by atoms with van der Waals surface area (Å²) >= 11 is 0. The van der Waals surface area contributed by atoms with Gasteiger partial charge in [-0.15, -0.1) is 0 Å². The average Bonchev–Trinajstić information content (AvgIpc) is 3.19. The zero-order valence-electron chi connectivity index (χ0n) is 28.2. The number of pyridine rings is 2. The van der Waals surface area contributed by atoms with Crippen LogP contribution in [0.1, 0.15) is 86.6 Å². The highest BCUT2D eigenvalue weighted by atomic mass is 15.1. The maximum absolute atomic E-state index is 2.63. The van der Waals surface area contributed by atoms with Gasteiger partial charge in [0.1, 0.15) is 0 Å². The number of nitrogens with zero attached hydrogens (tertiary/aromatic N) is 2. The van der Waals surface area contributed by atoms with Crippen LogP contribution in [0.5, 0.6) is 0 Å². The molecule has 0 aliphatic carbocycles. The first kappa shape index (κ1) is 31.0. The molecule has 0 bridgehead atoms. The van der Waals surface area contributed by atoms with Gasteiger partial charge in [-0.1, -0.05) is 87.9 Å². The Kier molecular flexibility index (Phi) is 9.04. The molecular weight excluding hydrogens is 544 g/mol. The van der Waals surface area contributed by atoms with E-state index in [1.54, 1.807) is 0 Å². The number of unbranched alkanes of at least 4 members (excludes halogenated alkanes) is 1. The third-order valence-corrected chi connectivity index (χ3v) is 10.8. The summed E-state index contributed by atoms with van der Waals surface area (Å²) in [5.74, 6) is 0.361. The monoisotopic (exact) mass is 594 g/mol. The van der Waals surface area contributed by atoms with Crippen molar-refractivity contribution < 1.29 is 9.13 Å². The van der Waals surface area contributed by atoms with Crippen LogP contribution in [-0.4, -0.2) is 0 Å². The summed E-state index contributed by atoms with van der Waals surface area (Å²) < 4.78 is 5.25. The van der Waals surface area contributed by atoms with Crippen molar-refractivity contribution >= 4 is 0 Å². The maximum Gasteiger partial charge on any atom is 0.216 e. The number of hydrogen-bond acceptors (Lipinski definition) is 0. The first-order chi connectivity index (χ1) is 21.9. The zero-order valence-corrected chi connectivity index (χ0v) is 28.2. The highest BCUT2D eigenvalue weighted by Gasteiger charge is 2.46. The predicted octanol–water partition coefficient (Wildman–Crippen LogP) is 10.2. The molecule has 1 aliphatic heterocycles. The van der Waals surface area contributed by atoms with E-state index in [0.29, 0.717) is 5.92 Å². The van der Waals surface area contributed by atoms with Gasteiger partial charge in [0.15, 0.2) is 24.5 Å². The third-order valence-electron chi connectivity index (χ3n) is 10.8. The molecule has 5 aromatic rings. The number of rotatable bonds is 9. The van der Waals surface area contributed by atoms with Gasteiger partial charge in [-0.25, -0.2) is 0 Å². The molecule has 3 heterocycles. The Bertz CT molecular complexity index is 1800. The van der Waals surface area contributed by atoms with E-state index in [0.717, 1.165) is 32.2 Å². The van der Waals surface area contributed by atoms with Crippen LogP contribution in [0.3, 0.4) is 0 Å². The lowest BCUT2D eigenvalue weighted by molar-refractivity contribution is -0.759. The summed E-state index contributed by atoms with van der Waals surface area (Å²) in [6, 6.07) is 34.1. The molecule has 230 valence electrons. The van der Waals surface area contributed by atoms with Gasteiger partial charge >= 0.3 is 0 Å². The Labute approximate surface area is 271 Å². The molecule has 2 aromatic heterocycles. The fraction of sp³-hybridized carbons (Fsp3) is 0.349. The fourth-order valence-electron chi connectivity index (χ4n) is 7.90. The number of aromatic nitrogens is 2. The first-order valence-electron chi connectivity index (χ1n) is 17.2. The van der Waals surface area contributed by atoms with Gasteiger partial charge in [-0.2, -0.15) is 9.13 Å². The largest absolute Gasteiger partial charge is 0.216 e. The molecule has 0 fully saturated rings. The summed E-state index contributed by atoms with van der Waals surface area (Å²) in [4.78, 5) is 0.